The first-order chi connectivity index (χ1) is 19.4. The van der Waals surface area contributed by atoms with Crippen molar-refractivity contribution in [2.24, 2.45) is 88.3 Å². The first kappa shape index (κ1) is 27.4. The van der Waals surface area contributed by atoms with E-state index in [1.165, 1.54) is 96.3 Å². The summed E-state index contributed by atoms with van der Waals surface area (Å²) >= 11 is 0. The molecule has 0 aromatic heterocycles. The highest BCUT2D eigenvalue weighted by atomic mass is 16.5. The highest BCUT2D eigenvalue weighted by Crippen LogP contribution is 2.67. The minimum atomic E-state index is -1.28. The maximum atomic E-state index is 11.4. The van der Waals surface area contributed by atoms with E-state index in [0.717, 1.165) is 78.9 Å². The third-order valence-corrected chi connectivity index (χ3v) is 16.2. The molecular weight excluding hydrogens is 496 g/mol. The van der Waals surface area contributed by atoms with E-state index in [-0.39, 0.29) is 11.8 Å². The lowest BCUT2D eigenvalue weighted by molar-refractivity contribution is -0.235. The zero-order valence-corrected chi connectivity index (χ0v) is 25.0. The van der Waals surface area contributed by atoms with E-state index in [1.54, 1.807) is 0 Å². The van der Waals surface area contributed by atoms with Gasteiger partial charge in [-0.25, -0.2) is 0 Å². The SMILES string of the molecule is OC(O)C1CC2CCC3C4CCCC4CCC3C2C(C2(C(O)O)CC[C@H]3C(CC[C@H]4[C@@H]5CCC[C@H]5CC[C@@H]43)C2)C1. The van der Waals surface area contributed by atoms with Gasteiger partial charge in [0.25, 0.3) is 0 Å². The van der Waals surface area contributed by atoms with Crippen LogP contribution in [-0.4, -0.2) is 33.0 Å². The normalized spacial score (nSPS) is 55.6. The van der Waals surface area contributed by atoms with Crippen molar-refractivity contribution in [3.05, 3.63) is 0 Å². The Morgan fingerprint density at radius 2 is 1.02 bits per heavy atom. The van der Waals surface area contributed by atoms with Crippen LogP contribution in [0.4, 0.5) is 0 Å². The quantitative estimate of drug-likeness (QED) is 0.291. The average Bonchev–Trinajstić information content (AvgIpc) is 3.65. The van der Waals surface area contributed by atoms with Gasteiger partial charge < -0.3 is 20.4 Å². The Morgan fingerprint density at radius 3 is 1.65 bits per heavy atom. The summed E-state index contributed by atoms with van der Waals surface area (Å²) in [6.45, 7) is 0. The molecule has 0 bridgehead atoms. The van der Waals surface area contributed by atoms with Crippen molar-refractivity contribution < 1.29 is 20.4 Å². The predicted molar refractivity (Wildman–Crippen MR) is 155 cm³/mol. The Hall–Kier alpha value is -0.160. The summed E-state index contributed by atoms with van der Waals surface area (Å²) < 4.78 is 0. The van der Waals surface area contributed by atoms with E-state index in [1.807, 2.05) is 0 Å². The fourth-order valence-electron chi connectivity index (χ4n) is 14.9. The summed E-state index contributed by atoms with van der Waals surface area (Å²) in [5, 5.41) is 43.8. The van der Waals surface area contributed by atoms with Gasteiger partial charge in [0, 0.05) is 11.3 Å². The van der Waals surface area contributed by atoms with Crippen molar-refractivity contribution in [3.63, 3.8) is 0 Å². The Morgan fingerprint density at radius 1 is 0.475 bits per heavy atom. The van der Waals surface area contributed by atoms with E-state index >= 15 is 0 Å². The van der Waals surface area contributed by atoms with Gasteiger partial charge in [-0.2, -0.15) is 0 Å². The molecule has 0 radical (unpaired) electrons. The standard InChI is InChI=1S/C36H58O4/c37-34(38)24-17-22-9-12-30-26-6-2-4-21(26)8-14-31(30)33(22)32(18-24)36(35(39)40)16-15-27-23(19-36)10-13-28-25-5-1-3-20(25)7-11-29(27)28/h20-35,37-40H,1-19H2/t20-,21?,22?,23?,24?,25+,26?,27-,28-,29+,30?,31?,32?,33?,36?/m0/s1. The minimum Gasteiger partial charge on any atom is -0.368 e. The van der Waals surface area contributed by atoms with Gasteiger partial charge >= 0.3 is 0 Å². The van der Waals surface area contributed by atoms with Crippen LogP contribution in [-0.2, 0) is 0 Å². The van der Waals surface area contributed by atoms with Gasteiger partial charge in [-0.05, 0) is 173 Å². The van der Waals surface area contributed by atoms with Crippen molar-refractivity contribution in [1.82, 2.24) is 0 Å². The maximum absolute atomic E-state index is 11.4. The second-order valence-electron chi connectivity index (χ2n) is 17.0. The molecule has 0 aliphatic heterocycles. The summed E-state index contributed by atoms with van der Waals surface area (Å²) in [5.74, 6) is 9.89. The van der Waals surface area contributed by atoms with Crippen LogP contribution in [0.25, 0.3) is 0 Å². The van der Waals surface area contributed by atoms with Crippen LogP contribution in [0, 0.1) is 88.3 Å². The number of fused-ring (bicyclic) bond motifs is 10. The summed E-state index contributed by atoms with van der Waals surface area (Å²) in [4.78, 5) is 0. The number of aliphatic hydroxyl groups excluding tert-OH is 2. The van der Waals surface area contributed by atoms with Crippen molar-refractivity contribution in [2.75, 3.05) is 0 Å². The molecule has 0 spiro atoms. The minimum absolute atomic E-state index is 0.104. The summed E-state index contributed by atoms with van der Waals surface area (Å²) in [5.41, 5.74) is -0.455. The van der Waals surface area contributed by atoms with Crippen molar-refractivity contribution >= 4 is 0 Å². The highest BCUT2D eigenvalue weighted by molar-refractivity contribution is 5.09. The smallest absolute Gasteiger partial charge is 0.157 e. The van der Waals surface area contributed by atoms with Crippen LogP contribution in [0.2, 0.25) is 0 Å². The second-order valence-corrected chi connectivity index (χ2v) is 17.0. The van der Waals surface area contributed by atoms with E-state index < -0.39 is 18.0 Å². The molecular formula is C36H58O4. The lowest BCUT2D eigenvalue weighted by Gasteiger charge is -2.63. The second kappa shape index (κ2) is 10.5. The molecule has 4 nitrogen and oxygen atoms in total. The highest BCUT2D eigenvalue weighted by Gasteiger charge is 2.61. The molecule has 8 aliphatic rings. The van der Waals surface area contributed by atoms with Gasteiger partial charge in [0.15, 0.2) is 12.6 Å². The van der Waals surface area contributed by atoms with Gasteiger partial charge in [0.05, 0.1) is 0 Å². The lowest BCUT2D eigenvalue weighted by Crippen LogP contribution is -2.58. The van der Waals surface area contributed by atoms with Crippen LogP contribution in [0.3, 0.4) is 0 Å². The third kappa shape index (κ3) is 4.18. The zero-order valence-electron chi connectivity index (χ0n) is 25.0. The van der Waals surface area contributed by atoms with Crippen LogP contribution in [0.1, 0.15) is 122 Å². The lowest BCUT2D eigenvalue weighted by atomic mass is 9.43. The van der Waals surface area contributed by atoms with Crippen molar-refractivity contribution in [1.29, 1.82) is 0 Å². The summed E-state index contributed by atoms with van der Waals surface area (Å²) in [7, 11) is 0. The molecule has 10 unspecified atom stereocenters. The third-order valence-electron chi connectivity index (χ3n) is 16.2. The van der Waals surface area contributed by atoms with E-state index in [4.69, 9.17) is 0 Å². The first-order valence-corrected chi connectivity index (χ1v) is 18.2. The molecule has 40 heavy (non-hydrogen) atoms. The largest absolute Gasteiger partial charge is 0.368 e. The number of rotatable bonds is 3. The topological polar surface area (TPSA) is 80.9 Å². The molecule has 0 saturated heterocycles. The van der Waals surface area contributed by atoms with Gasteiger partial charge in [-0.3, -0.25) is 0 Å². The monoisotopic (exact) mass is 554 g/mol. The van der Waals surface area contributed by atoms with Crippen LogP contribution in [0.5, 0.6) is 0 Å². The van der Waals surface area contributed by atoms with Crippen LogP contribution in [0.15, 0.2) is 0 Å². The average molecular weight is 555 g/mol. The van der Waals surface area contributed by atoms with Gasteiger partial charge in [0.1, 0.15) is 0 Å². The predicted octanol–water partition coefficient (Wildman–Crippen LogP) is 6.74. The van der Waals surface area contributed by atoms with E-state index in [0.29, 0.717) is 17.8 Å². The Labute approximate surface area is 243 Å². The molecule has 15 atom stereocenters. The molecule has 4 N–H and O–H groups in total. The maximum Gasteiger partial charge on any atom is 0.157 e. The fraction of sp³-hybridized carbons (Fsp3) is 1.00. The number of hydrogen-bond donors (Lipinski definition) is 4. The Kier molecular flexibility index (Phi) is 7.18. The van der Waals surface area contributed by atoms with Crippen molar-refractivity contribution in [3.8, 4) is 0 Å². The fourth-order valence-corrected chi connectivity index (χ4v) is 14.9. The molecule has 8 rings (SSSR count). The molecule has 226 valence electrons. The van der Waals surface area contributed by atoms with Gasteiger partial charge in [-0.1, -0.05) is 25.7 Å². The molecule has 0 heterocycles. The first-order valence-electron chi connectivity index (χ1n) is 18.2. The number of hydrogen-bond acceptors (Lipinski definition) is 4. The van der Waals surface area contributed by atoms with Gasteiger partial charge in [0.2, 0.25) is 0 Å². The zero-order chi connectivity index (χ0) is 27.2. The molecule has 0 amide bonds. The number of aliphatic hydroxyl groups is 4. The molecule has 0 aromatic carbocycles. The summed E-state index contributed by atoms with van der Waals surface area (Å²) in [6, 6.07) is 0. The van der Waals surface area contributed by atoms with Crippen molar-refractivity contribution in [2.45, 2.75) is 135 Å². The molecule has 4 heteroatoms. The molecule has 8 saturated carbocycles. The Balaban J connectivity index is 1.10. The summed E-state index contributed by atoms with van der Waals surface area (Å²) in [6.07, 6.45) is 21.8. The molecule has 8 aliphatic carbocycles. The molecule has 0 aromatic rings. The van der Waals surface area contributed by atoms with E-state index in [2.05, 4.69) is 0 Å². The molecule has 8 fully saturated rings. The Bertz CT molecular complexity index is 918. The van der Waals surface area contributed by atoms with Crippen LogP contribution >= 0.6 is 0 Å². The van der Waals surface area contributed by atoms with E-state index in [9.17, 15) is 20.4 Å². The van der Waals surface area contributed by atoms with Gasteiger partial charge in [-0.15, -0.1) is 0 Å². The van der Waals surface area contributed by atoms with Crippen LogP contribution < -0.4 is 0 Å².